The van der Waals surface area contributed by atoms with Crippen molar-refractivity contribution in [3.05, 3.63) is 35.4 Å². The van der Waals surface area contributed by atoms with E-state index in [1.807, 2.05) is 0 Å². The van der Waals surface area contributed by atoms with Crippen LogP contribution < -0.4 is 11.2 Å². The van der Waals surface area contributed by atoms with Gasteiger partial charge in [0.2, 0.25) is 0 Å². The summed E-state index contributed by atoms with van der Waals surface area (Å²) in [7, 11) is 2.17. The molecule has 0 spiro atoms. The van der Waals surface area contributed by atoms with Crippen molar-refractivity contribution in [2.45, 2.75) is 6.54 Å². The van der Waals surface area contributed by atoms with Gasteiger partial charge in [0.25, 0.3) is 0 Å². The van der Waals surface area contributed by atoms with E-state index in [1.54, 1.807) is 6.21 Å². The molecule has 0 atom stereocenters. The lowest BCUT2D eigenvalue weighted by Gasteiger charge is -2.32. The first-order valence-electron chi connectivity index (χ1n) is 6.72. The number of piperazine rings is 1. The molecule has 3 N–H and O–H groups in total. The molecule has 0 radical (unpaired) electrons. The largest absolute Gasteiger partial charge is 0.375 e. The topological polar surface area (TPSA) is 56.9 Å². The predicted octanol–water partition coefficient (Wildman–Crippen LogP) is 0.601. The standard InChI is InChI=1S/C14H21N5S/c1-18-6-8-19(9-7-18)11-13-4-2-12(3-5-13)10-16-17-14(15)20/h2-5,10H,6-9,11H2,1H3,(H3,15,17,20). The zero-order chi connectivity index (χ0) is 14.4. The maximum atomic E-state index is 5.29. The third-order valence-electron chi connectivity index (χ3n) is 3.37. The van der Waals surface area contributed by atoms with Crippen LogP contribution in [0.25, 0.3) is 0 Å². The van der Waals surface area contributed by atoms with Gasteiger partial charge in [0.15, 0.2) is 5.11 Å². The van der Waals surface area contributed by atoms with Gasteiger partial charge in [-0.15, -0.1) is 0 Å². The van der Waals surface area contributed by atoms with Crippen molar-refractivity contribution in [3.63, 3.8) is 0 Å². The first kappa shape index (κ1) is 14.9. The summed E-state index contributed by atoms with van der Waals surface area (Å²) in [5, 5.41) is 4.11. The van der Waals surface area contributed by atoms with Crippen LogP contribution in [0.4, 0.5) is 0 Å². The van der Waals surface area contributed by atoms with Gasteiger partial charge in [0.05, 0.1) is 6.21 Å². The lowest BCUT2D eigenvalue weighted by Crippen LogP contribution is -2.43. The number of nitrogens with two attached hydrogens (primary N) is 1. The molecule has 6 heteroatoms. The van der Waals surface area contributed by atoms with Crippen molar-refractivity contribution in [3.8, 4) is 0 Å². The van der Waals surface area contributed by atoms with E-state index in [2.05, 4.69) is 63.9 Å². The fraction of sp³-hybridized carbons (Fsp3) is 0.429. The Hall–Kier alpha value is -1.50. The van der Waals surface area contributed by atoms with E-state index in [0.717, 1.165) is 38.3 Å². The number of nitrogens with zero attached hydrogens (tertiary/aromatic N) is 3. The molecule has 1 aromatic carbocycles. The maximum Gasteiger partial charge on any atom is 0.184 e. The number of thiocarbonyl (C=S) groups is 1. The number of hydrogen-bond acceptors (Lipinski definition) is 4. The number of rotatable bonds is 4. The molecule has 1 fully saturated rings. The molecule has 20 heavy (non-hydrogen) atoms. The summed E-state index contributed by atoms with van der Waals surface area (Å²) < 4.78 is 0. The minimum atomic E-state index is 0.174. The minimum Gasteiger partial charge on any atom is -0.375 e. The van der Waals surface area contributed by atoms with Crippen molar-refractivity contribution in [2.75, 3.05) is 33.2 Å². The SMILES string of the molecule is CN1CCN(Cc2ccc(C=NNC(N)=S)cc2)CC1. The molecular weight excluding hydrogens is 270 g/mol. The van der Waals surface area contributed by atoms with E-state index in [0.29, 0.717) is 0 Å². The van der Waals surface area contributed by atoms with Gasteiger partial charge in [-0.1, -0.05) is 24.3 Å². The van der Waals surface area contributed by atoms with Gasteiger partial charge in [-0.05, 0) is 30.4 Å². The summed E-state index contributed by atoms with van der Waals surface area (Å²) in [5.41, 5.74) is 10.2. The Morgan fingerprint density at radius 3 is 2.55 bits per heavy atom. The molecule has 108 valence electrons. The predicted molar refractivity (Wildman–Crippen MR) is 86.7 cm³/mol. The molecular formula is C14H21N5S. The molecule has 1 saturated heterocycles. The van der Waals surface area contributed by atoms with Crippen LogP contribution in [0.2, 0.25) is 0 Å². The molecule has 0 saturated carbocycles. The van der Waals surface area contributed by atoms with Gasteiger partial charge < -0.3 is 10.6 Å². The highest BCUT2D eigenvalue weighted by Gasteiger charge is 2.13. The average Bonchev–Trinajstić information content (AvgIpc) is 2.43. The third-order valence-corrected chi connectivity index (χ3v) is 3.46. The summed E-state index contributed by atoms with van der Waals surface area (Å²) >= 11 is 4.68. The van der Waals surface area contributed by atoms with Gasteiger partial charge in [0, 0.05) is 32.7 Å². The molecule has 0 bridgehead atoms. The minimum absolute atomic E-state index is 0.174. The Balaban J connectivity index is 1.85. The van der Waals surface area contributed by atoms with Crippen LogP contribution in [0, 0.1) is 0 Å². The lowest BCUT2D eigenvalue weighted by atomic mass is 10.1. The van der Waals surface area contributed by atoms with Crippen molar-refractivity contribution < 1.29 is 0 Å². The second-order valence-electron chi connectivity index (χ2n) is 5.06. The zero-order valence-electron chi connectivity index (χ0n) is 11.7. The smallest absolute Gasteiger partial charge is 0.184 e. The molecule has 1 aliphatic heterocycles. The van der Waals surface area contributed by atoms with E-state index in [-0.39, 0.29) is 5.11 Å². The monoisotopic (exact) mass is 291 g/mol. The van der Waals surface area contributed by atoms with Gasteiger partial charge in [-0.25, -0.2) is 0 Å². The van der Waals surface area contributed by atoms with Gasteiger partial charge in [-0.2, -0.15) is 5.10 Å². The van der Waals surface area contributed by atoms with Crippen LogP contribution >= 0.6 is 12.2 Å². The van der Waals surface area contributed by atoms with Crippen LogP contribution in [-0.4, -0.2) is 54.4 Å². The highest BCUT2D eigenvalue weighted by molar-refractivity contribution is 7.80. The fourth-order valence-corrected chi connectivity index (χ4v) is 2.20. The van der Waals surface area contributed by atoms with Crippen molar-refractivity contribution in [2.24, 2.45) is 10.8 Å². The van der Waals surface area contributed by atoms with Crippen molar-refractivity contribution in [1.29, 1.82) is 0 Å². The second-order valence-corrected chi connectivity index (χ2v) is 5.50. The van der Waals surface area contributed by atoms with Crippen molar-refractivity contribution >= 4 is 23.5 Å². The molecule has 2 rings (SSSR count). The molecule has 0 unspecified atom stereocenters. The number of benzene rings is 1. The Labute approximate surface area is 125 Å². The van der Waals surface area contributed by atoms with Crippen LogP contribution in [0.3, 0.4) is 0 Å². The van der Waals surface area contributed by atoms with Crippen molar-refractivity contribution in [1.82, 2.24) is 15.2 Å². The Bertz CT molecular complexity index is 463. The van der Waals surface area contributed by atoms with Crippen LogP contribution in [0.1, 0.15) is 11.1 Å². The molecule has 5 nitrogen and oxygen atoms in total. The van der Waals surface area contributed by atoms with E-state index in [9.17, 15) is 0 Å². The van der Waals surface area contributed by atoms with Crippen LogP contribution in [0.15, 0.2) is 29.4 Å². The molecule has 0 aromatic heterocycles. The number of nitrogens with one attached hydrogen (secondary N) is 1. The summed E-state index contributed by atoms with van der Waals surface area (Å²) in [6.45, 7) is 5.58. The summed E-state index contributed by atoms with van der Waals surface area (Å²) in [4.78, 5) is 4.85. The molecule has 0 amide bonds. The number of hydrazone groups is 1. The normalized spacial score (nSPS) is 17.4. The maximum absolute atomic E-state index is 5.29. The summed E-state index contributed by atoms with van der Waals surface area (Å²) in [5.74, 6) is 0. The Morgan fingerprint density at radius 1 is 1.30 bits per heavy atom. The molecule has 1 aromatic rings. The first-order chi connectivity index (χ1) is 9.63. The van der Waals surface area contributed by atoms with Gasteiger partial charge in [0.1, 0.15) is 0 Å². The zero-order valence-corrected chi connectivity index (χ0v) is 12.6. The van der Waals surface area contributed by atoms with Crippen LogP contribution in [0.5, 0.6) is 0 Å². The third kappa shape index (κ3) is 4.88. The highest BCUT2D eigenvalue weighted by atomic mass is 32.1. The molecule has 0 aliphatic carbocycles. The highest BCUT2D eigenvalue weighted by Crippen LogP contribution is 2.08. The first-order valence-corrected chi connectivity index (χ1v) is 7.12. The summed E-state index contributed by atoms with van der Waals surface area (Å²) in [6, 6.07) is 8.38. The van der Waals surface area contributed by atoms with E-state index >= 15 is 0 Å². The Kier molecular flexibility index (Phi) is 5.46. The molecule has 1 aliphatic rings. The fourth-order valence-electron chi connectivity index (χ4n) is 2.14. The Morgan fingerprint density at radius 2 is 1.95 bits per heavy atom. The van der Waals surface area contributed by atoms with E-state index < -0.39 is 0 Å². The van der Waals surface area contributed by atoms with Gasteiger partial charge >= 0.3 is 0 Å². The van der Waals surface area contributed by atoms with Crippen LogP contribution in [-0.2, 0) is 6.54 Å². The quantitative estimate of drug-likeness (QED) is 0.483. The summed E-state index contributed by atoms with van der Waals surface area (Å²) in [6.07, 6.45) is 1.71. The lowest BCUT2D eigenvalue weighted by molar-refractivity contribution is 0.148. The van der Waals surface area contributed by atoms with E-state index in [1.165, 1.54) is 5.56 Å². The molecule has 1 heterocycles. The average molecular weight is 291 g/mol. The number of hydrogen-bond donors (Lipinski definition) is 2. The number of likely N-dealkylation sites (N-methyl/N-ethyl adjacent to an activating group) is 1. The second kappa shape index (κ2) is 7.33. The van der Waals surface area contributed by atoms with Gasteiger partial charge in [-0.3, -0.25) is 10.3 Å². The van der Waals surface area contributed by atoms with E-state index in [4.69, 9.17) is 5.73 Å².